The molecule has 3 nitrogen and oxygen atoms in total. The molecule has 0 aliphatic carbocycles. The number of alkyl halides is 1. The average Bonchev–Trinajstić information content (AvgIpc) is 2.63. The van der Waals surface area contributed by atoms with Gasteiger partial charge in [-0.2, -0.15) is 0 Å². The van der Waals surface area contributed by atoms with E-state index in [4.69, 9.17) is 0 Å². The summed E-state index contributed by atoms with van der Waals surface area (Å²) in [5.41, 5.74) is 1.06. The summed E-state index contributed by atoms with van der Waals surface area (Å²) in [6.07, 6.45) is 10.7. The van der Waals surface area contributed by atoms with Crippen molar-refractivity contribution in [2.24, 2.45) is 0 Å². The van der Waals surface area contributed by atoms with Gasteiger partial charge in [0.1, 0.15) is 0 Å². The second-order valence-electron chi connectivity index (χ2n) is 2.85. The second kappa shape index (κ2) is 4.37. The highest BCUT2D eigenvalue weighted by atomic mass is 79.9. The van der Waals surface area contributed by atoms with E-state index in [1.165, 1.54) is 0 Å². The molecule has 0 N–H and O–H groups in total. The van der Waals surface area contributed by atoms with E-state index in [9.17, 15) is 0 Å². The van der Waals surface area contributed by atoms with Crippen molar-refractivity contribution in [3.63, 3.8) is 0 Å². The first-order valence-electron chi connectivity index (χ1n) is 4.42. The molecule has 72 valence electrons. The summed E-state index contributed by atoms with van der Waals surface area (Å²) in [4.78, 5) is 8.33. The zero-order chi connectivity index (χ0) is 9.80. The van der Waals surface area contributed by atoms with Crippen LogP contribution in [0.15, 0.2) is 30.7 Å². The van der Waals surface area contributed by atoms with Crippen LogP contribution in [0.25, 0.3) is 11.9 Å². The van der Waals surface area contributed by atoms with E-state index in [2.05, 4.69) is 38.0 Å². The minimum Gasteiger partial charge on any atom is -0.284 e. The maximum Gasteiger partial charge on any atom is 0.234 e. The fraction of sp³-hybridized carbons (Fsp3) is 0.200. The van der Waals surface area contributed by atoms with Crippen LogP contribution in [0.1, 0.15) is 12.1 Å². The molecule has 0 aliphatic heterocycles. The fourth-order valence-corrected chi connectivity index (χ4v) is 1.50. The number of imidazole rings is 1. The van der Waals surface area contributed by atoms with Gasteiger partial charge in [0.05, 0.1) is 11.9 Å². The molecule has 2 heterocycles. The minimum absolute atomic E-state index is 0.742. The van der Waals surface area contributed by atoms with Crippen molar-refractivity contribution in [3.05, 3.63) is 36.4 Å². The summed E-state index contributed by atoms with van der Waals surface area (Å²) in [7, 11) is 0. The number of hydrogen-bond acceptors (Lipinski definition) is 2. The molecule has 2 rings (SSSR count). The van der Waals surface area contributed by atoms with Crippen molar-refractivity contribution >= 4 is 27.8 Å². The molecule has 0 aromatic carbocycles. The third-order valence-electron chi connectivity index (χ3n) is 1.88. The Labute approximate surface area is 90.6 Å². The molecule has 14 heavy (non-hydrogen) atoms. The molecular weight excluding hydrogens is 242 g/mol. The lowest BCUT2D eigenvalue weighted by atomic mass is 10.3. The Balaban J connectivity index is 2.34. The number of aromatic nitrogens is 3. The lowest BCUT2D eigenvalue weighted by molar-refractivity contribution is 1.10. The summed E-state index contributed by atoms with van der Waals surface area (Å²) in [5, 5.41) is 0.985. The van der Waals surface area contributed by atoms with Crippen LogP contribution in [-0.2, 0) is 0 Å². The summed E-state index contributed by atoms with van der Waals surface area (Å²) < 4.78 is 1.96. The quantitative estimate of drug-likeness (QED) is 0.786. The predicted octanol–water partition coefficient (Wildman–Crippen LogP) is 2.53. The van der Waals surface area contributed by atoms with Crippen LogP contribution >= 0.6 is 15.9 Å². The number of hydrogen-bond donors (Lipinski definition) is 0. The molecule has 0 atom stereocenters. The Bertz CT molecular complexity index is 447. The van der Waals surface area contributed by atoms with E-state index < -0.39 is 0 Å². The zero-order valence-electron chi connectivity index (χ0n) is 7.60. The molecule has 0 spiro atoms. The van der Waals surface area contributed by atoms with Gasteiger partial charge in [-0.15, -0.1) is 0 Å². The van der Waals surface area contributed by atoms with Gasteiger partial charge in [0.2, 0.25) is 5.78 Å². The smallest absolute Gasteiger partial charge is 0.234 e. The van der Waals surface area contributed by atoms with Crippen molar-refractivity contribution in [1.82, 2.24) is 14.4 Å². The summed E-state index contributed by atoms with van der Waals surface area (Å²) >= 11 is 3.38. The van der Waals surface area contributed by atoms with Crippen LogP contribution in [0.2, 0.25) is 0 Å². The summed E-state index contributed by atoms with van der Waals surface area (Å²) in [5.74, 6) is 0.742. The zero-order valence-corrected chi connectivity index (χ0v) is 9.18. The largest absolute Gasteiger partial charge is 0.284 e. The van der Waals surface area contributed by atoms with Crippen molar-refractivity contribution < 1.29 is 0 Å². The van der Waals surface area contributed by atoms with E-state index in [1.54, 1.807) is 6.20 Å². The van der Waals surface area contributed by atoms with Gasteiger partial charge < -0.3 is 0 Å². The monoisotopic (exact) mass is 251 g/mol. The first-order chi connectivity index (χ1) is 6.92. The van der Waals surface area contributed by atoms with Gasteiger partial charge in [0.25, 0.3) is 0 Å². The lowest BCUT2D eigenvalue weighted by Gasteiger charge is -1.93. The molecule has 2 aromatic rings. The van der Waals surface area contributed by atoms with Gasteiger partial charge in [-0.05, 0) is 18.6 Å². The maximum atomic E-state index is 4.19. The molecule has 0 saturated heterocycles. The Morgan fingerprint density at radius 2 is 2.36 bits per heavy atom. The van der Waals surface area contributed by atoms with Crippen LogP contribution in [0.5, 0.6) is 0 Å². The van der Waals surface area contributed by atoms with E-state index in [-0.39, 0.29) is 0 Å². The van der Waals surface area contributed by atoms with E-state index in [1.807, 2.05) is 22.9 Å². The fourth-order valence-electron chi connectivity index (χ4n) is 1.24. The maximum absolute atomic E-state index is 4.19. The average molecular weight is 252 g/mol. The van der Waals surface area contributed by atoms with E-state index in [0.717, 1.165) is 23.2 Å². The number of allylic oxidation sites excluding steroid dienone is 1. The number of nitrogens with zero attached hydrogens (tertiary/aromatic N) is 3. The second-order valence-corrected chi connectivity index (χ2v) is 3.65. The van der Waals surface area contributed by atoms with Gasteiger partial charge in [-0.1, -0.05) is 22.0 Å². The van der Waals surface area contributed by atoms with Crippen LogP contribution < -0.4 is 0 Å². The lowest BCUT2D eigenvalue weighted by Crippen LogP contribution is -1.87. The van der Waals surface area contributed by atoms with E-state index in [0.29, 0.717) is 0 Å². The normalized spacial score (nSPS) is 11.5. The van der Waals surface area contributed by atoms with Crippen molar-refractivity contribution in [3.8, 4) is 0 Å². The van der Waals surface area contributed by atoms with Gasteiger partial charge >= 0.3 is 0 Å². The molecule has 0 saturated carbocycles. The number of fused-ring (bicyclic) bond motifs is 1. The Morgan fingerprint density at radius 3 is 3.21 bits per heavy atom. The Morgan fingerprint density at radius 1 is 1.43 bits per heavy atom. The molecule has 2 aromatic heterocycles. The highest BCUT2D eigenvalue weighted by Crippen LogP contribution is 2.06. The number of halogens is 1. The molecular formula is C10H10BrN3. The summed E-state index contributed by atoms with van der Waals surface area (Å²) in [6, 6.07) is 1.90. The Hall–Kier alpha value is -1.16. The van der Waals surface area contributed by atoms with Crippen LogP contribution in [0.4, 0.5) is 0 Å². The van der Waals surface area contributed by atoms with Crippen molar-refractivity contribution in [2.75, 3.05) is 5.33 Å². The van der Waals surface area contributed by atoms with Gasteiger partial charge in [-0.3, -0.25) is 4.40 Å². The highest BCUT2D eigenvalue weighted by Gasteiger charge is 1.97. The topological polar surface area (TPSA) is 30.2 Å². The molecule has 4 heteroatoms. The van der Waals surface area contributed by atoms with Gasteiger partial charge in [-0.25, -0.2) is 9.97 Å². The summed E-state index contributed by atoms with van der Waals surface area (Å²) in [6.45, 7) is 0. The molecule has 0 bridgehead atoms. The van der Waals surface area contributed by atoms with Crippen molar-refractivity contribution in [2.45, 2.75) is 6.42 Å². The SMILES string of the molecule is BrCCC=Cc1cnc2ncccn12. The molecule has 0 fully saturated rings. The van der Waals surface area contributed by atoms with Crippen molar-refractivity contribution in [1.29, 1.82) is 0 Å². The molecule has 0 radical (unpaired) electrons. The minimum atomic E-state index is 0.742. The first-order valence-corrected chi connectivity index (χ1v) is 5.54. The van der Waals surface area contributed by atoms with Crippen LogP contribution in [-0.4, -0.2) is 19.7 Å². The van der Waals surface area contributed by atoms with Crippen LogP contribution in [0.3, 0.4) is 0 Å². The first kappa shape index (κ1) is 9.40. The molecule has 0 amide bonds. The molecule has 0 unspecified atom stereocenters. The van der Waals surface area contributed by atoms with Gasteiger partial charge in [0, 0.05) is 17.7 Å². The van der Waals surface area contributed by atoms with E-state index >= 15 is 0 Å². The van der Waals surface area contributed by atoms with Gasteiger partial charge in [0.15, 0.2) is 0 Å². The third kappa shape index (κ3) is 1.85. The standard InChI is InChI=1S/C10H10BrN3/c11-5-2-1-4-9-8-13-10-12-6-3-7-14(9)10/h1,3-4,6-8H,2,5H2. The Kier molecular flexibility index (Phi) is 2.93. The molecule has 0 aliphatic rings. The highest BCUT2D eigenvalue weighted by molar-refractivity contribution is 9.09. The number of rotatable bonds is 3. The predicted molar refractivity (Wildman–Crippen MR) is 60.4 cm³/mol. The van der Waals surface area contributed by atoms with Crippen LogP contribution in [0, 0.1) is 0 Å². The third-order valence-corrected chi connectivity index (χ3v) is 2.34.